The number of carbonyl (C=O) groups is 1. The van der Waals surface area contributed by atoms with Crippen molar-refractivity contribution in [3.8, 4) is 11.4 Å². The van der Waals surface area contributed by atoms with Gasteiger partial charge < -0.3 is 9.30 Å². The van der Waals surface area contributed by atoms with Crippen LogP contribution in [-0.4, -0.2) is 31.0 Å². The fraction of sp³-hybridized carbons (Fsp3) is 0.200. The van der Waals surface area contributed by atoms with Crippen molar-refractivity contribution in [3.63, 3.8) is 0 Å². The highest BCUT2D eigenvalue weighted by atomic mass is 35.5. The van der Waals surface area contributed by atoms with E-state index in [9.17, 15) is 22.0 Å². The Labute approximate surface area is 182 Å². The molecule has 0 unspecified atom stereocenters. The summed E-state index contributed by atoms with van der Waals surface area (Å²) >= 11 is 5.97. The molecule has 1 heterocycles. The molecule has 2 aromatic carbocycles. The molecular formula is C20H18ClF2N3O4S. The number of methoxy groups -OCH3 is 1. The number of rotatable bonds is 6. The third kappa shape index (κ3) is 4.86. The molecule has 0 saturated heterocycles. The van der Waals surface area contributed by atoms with Gasteiger partial charge in [0.1, 0.15) is 33.8 Å². The number of nitrogens with zero attached hydrogens (tertiary/aromatic N) is 2. The van der Waals surface area contributed by atoms with Gasteiger partial charge in [-0.25, -0.2) is 26.9 Å². The van der Waals surface area contributed by atoms with Gasteiger partial charge in [0.05, 0.1) is 17.8 Å². The first-order valence-electron chi connectivity index (χ1n) is 8.98. The van der Waals surface area contributed by atoms with Gasteiger partial charge in [0, 0.05) is 24.2 Å². The summed E-state index contributed by atoms with van der Waals surface area (Å²) < 4.78 is 60.9. The lowest BCUT2D eigenvalue weighted by atomic mass is 10.2. The number of imidazole rings is 1. The molecule has 0 bridgehead atoms. The fourth-order valence-electron chi connectivity index (χ4n) is 2.84. The summed E-state index contributed by atoms with van der Waals surface area (Å²) in [5, 5.41) is -0.107. The number of aromatic nitrogens is 2. The summed E-state index contributed by atoms with van der Waals surface area (Å²) in [7, 11) is -3.00. The monoisotopic (exact) mass is 469 g/mol. The average molecular weight is 470 g/mol. The zero-order valence-corrected chi connectivity index (χ0v) is 18.3. The molecule has 31 heavy (non-hydrogen) atoms. The third-order valence-electron chi connectivity index (χ3n) is 4.26. The summed E-state index contributed by atoms with van der Waals surface area (Å²) in [4.78, 5) is 16.5. The Morgan fingerprint density at radius 2 is 1.81 bits per heavy atom. The van der Waals surface area contributed by atoms with Crippen molar-refractivity contribution >= 4 is 27.5 Å². The Hall–Kier alpha value is -2.98. The number of hydrogen-bond donors (Lipinski definition) is 1. The van der Waals surface area contributed by atoms with Crippen LogP contribution in [0.25, 0.3) is 5.69 Å². The Kier molecular flexibility index (Phi) is 6.33. The van der Waals surface area contributed by atoms with E-state index in [2.05, 4.69) is 4.98 Å². The predicted molar refractivity (Wildman–Crippen MR) is 110 cm³/mol. The minimum absolute atomic E-state index is 0.103. The molecule has 3 aromatic rings. The van der Waals surface area contributed by atoms with Gasteiger partial charge in [-0.3, -0.25) is 4.79 Å². The fourth-order valence-corrected chi connectivity index (χ4v) is 4.32. The van der Waals surface area contributed by atoms with Gasteiger partial charge in [-0.05, 0) is 24.3 Å². The first kappa shape index (κ1) is 22.7. The van der Waals surface area contributed by atoms with Crippen LogP contribution < -0.4 is 9.46 Å². The van der Waals surface area contributed by atoms with Crippen LogP contribution in [-0.2, 0) is 10.0 Å². The van der Waals surface area contributed by atoms with Crippen LogP contribution in [0.15, 0.2) is 47.5 Å². The molecule has 3 rings (SSSR count). The number of hydrogen-bond acceptors (Lipinski definition) is 5. The normalized spacial score (nSPS) is 11.6. The molecule has 11 heteroatoms. The van der Waals surface area contributed by atoms with Crippen LogP contribution in [0.2, 0.25) is 5.02 Å². The second-order valence-electron chi connectivity index (χ2n) is 6.87. The highest BCUT2D eigenvalue weighted by molar-refractivity contribution is 7.90. The van der Waals surface area contributed by atoms with Crippen LogP contribution in [0, 0.1) is 11.6 Å². The summed E-state index contributed by atoms with van der Waals surface area (Å²) in [6, 6.07) is 6.83. The molecular weight excluding hydrogens is 452 g/mol. The number of ether oxygens (including phenoxy) is 1. The second-order valence-corrected chi connectivity index (χ2v) is 8.93. The number of sulfonamides is 1. The highest BCUT2D eigenvalue weighted by Gasteiger charge is 2.25. The van der Waals surface area contributed by atoms with E-state index in [1.54, 1.807) is 13.8 Å². The van der Waals surface area contributed by atoms with Gasteiger partial charge in [0.2, 0.25) is 0 Å². The Bertz CT molecular complexity index is 1240. The Morgan fingerprint density at radius 3 is 2.39 bits per heavy atom. The smallest absolute Gasteiger partial charge is 0.285 e. The Balaban J connectivity index is 1.99. The lowest BCUT2D eigenvalue weighted by Gasteiger charge is -2.10. The maximum Gasteiger partial charge on any atom is 0.285 e. The summed E-state index contributed by atoms with van der Waals surface area (Å²) in [5.74, 6) is -2.34. The van der Waals surface area contributed by atoms with E-state index >= 15 is 0 Å². The molecule has 0 fully saturated rings. The summed E-state index contributed by atoms with van der Waals surface area (Å²) in [6.45, 7) is 3.53. The number of nitrogens with one attached hydrogen (secondary N) is 1. The minimum Gasteiger partial charge on any atom is -0.497 e. The molecule has 0 aliphatic heterocycles. The minimum atomic E-state index is -4.35. The van der Waals surface area contributed by atoms with E-state index < -0.39 is 27.6 Å². The van der Waals surface area contributed by atoms with Crippen molar-refractivity contribution in [2.75, 3.05) is 7.11 Å². The number of amides is 1. The average Bonchev–Trinajstić information content (AvgIpc) is 3.13. The van der Waals surface area contributed by atoms with Gasteiger partial charge in [-0.2, -0.15) is 0 Å². The topological polar surface area (TPSA) is 90.3 Å². The first-order valence-corrected chi connectivity index (χ1v) is 10.8. The van der Waals surface area contributed by atoms with Crippen molar-refractivity contribution in [1.29, 1.82) is 0 Å². The molecule has 164 valence electrons. The van der Waals surface area contributed by atoms with Crippen LogP contribution in [0.5, 0.6) is 5.75 Å². The molecule has 0 saturated carbocycles. The van der Waals surface area contributed by atoms with Crippen molar-refractivity contribution in [1.82, 2.24) is 14.3 Å². The van der Waals surface area contributed by atoms with Crippen molar-refractivity contribution in [3.05, 3.63) is 70.8 Å². The molecule has 0 atom stereocenters. The highest BCUT2D eigenvalue weighted by Crippen LogP contribution is 2.26. The van der Waals surface area contributed by atoms with Crippen molar-refractivity contribution in [2.24, 2.45) is 0 Å². The van der Waals surface area contributed by atoms with Gasteiger partial charge in [-0.15, -0.1) is 0 Å². The molecule has 7 nitrogen and oxygen atoms in total. The molecule has 1 aromatic heterocycles. The standard InChI is InChI=1S/C20H18ClF2N3O4S/c1-11(2)19-24-17(10-26(19)14-7-12(22)6-13(23)8-14)20(27)25-31(28,29)18-9-15(30-3)4-5-16(18)21/h4-11H,1-3H3,(H,25,27). The molecule has 0 aliphatic carbocycles. The zero-order valence-electron chi connectivity index (χ0n) is 16.7. The van der Waals surface area contributed by atoms with Crippen LogP contribution in [0.1, 0.15) is 36.1 Å². The molecule has 0 radical (unpaired) electrons. The van der Waals surface area contributed by atoms with E-state index in [4.69, 9.17) is 16.3 Å². The summed E-state index contributed by atoms with van der Waals surface area (Å²) in [5.41, 5.74) is -0.151. The maximum absolute atomic E-state index is 13.7. The largest absolute Gasteiger partial charge is 0.497 e. The summed E-state index contributed by atoms with van der Waals surface area (Å²) in [6.07, 6.45) is 1.21. The van der Waals surface area contributed by atoms with Gasteiger partial charge in [0.25, 0.3) is 15.9 Å². The van der Waals surface area contributed by atoms with Crippen LogP contribution in [0.3, 0.4) is 0 Å². The number of benzene rings is 2. The lowest BCUT2D eigenvalue weighted by molar-refractivity contribution is 0.0977. The molecule has 0 spiro atoms. The van der Waals surface area contributed by atoms with E-state index in [-0.39, 0.29) is 33.0 Å². The zero-order chi connectivity index (χ0) is 22.9. The van der Waals surface area contributed by atoms with Crippen LogP contribution in [0.4, 0.5) is 8.78 Å². The van der Waals surface area contributed by atoms with E-state index in [1.807, 2.05) is 4.72 Å². The van der Waals surface area contributed by atoms with Gasteiger partial charge >= 0.3 is 0 Å². The molecule has 1 amide bonds. The molecule has 1 N–H and O–H groups in total. The first-order chi connectivity index (χ1) is 14.5. The SMILES string of the molecule is COc1ccc(Cl)c(S(=O)(=O)NC(=O)c2cn(-c3cc(F)cc(F)c3)c(C(C)C)n2)c1. The van der Waals surface area contributed by atoms with E-state index in [0.29, 0.717) is 11.9 Å². The third-order valence-corrected chi connectivity index (χ3v) is 6.08. The maximum atomic E-state index is 13.7. The number of carbonyl (C=O) groups excluding carboxylic acids is 1. The van der Waals surface area contributed by atoms with E-state index in [1.165, 1.54) is 36.1 Å². The predicted octanol–water partition coefficient (Wildman–Crippen LogP) is 4.05. The van der Waals surface area contributed by atoms with Crippen LogP contribution >= 0.6 is 11.6 Å². The van der Waals surface area contributed by atoms with E-state index in [0.717, 1.165) is 12.1 Å². The number of halogens is 3. The van der Waals surface area contributed by atoms with Gasteiger partial charge in [0.15, 0.2) is 0 Å². The second kappa shape index (κ2) is 8.64. The lowest BCUT2D eigenvalue weighted by Crippen LogP contribution is -2.31. The van der Waals surface area contributed by atoms with Crippen molar-refractivity contribution in [2.45, 2.75) is 24.7 Å². The van der Waals surface area contributed by atoms with Crippen molar-refractivity contribution < 1.29 is 26.7 Å². The van der Waals surface area contributed by atoms with Gasteiger partial charge in [-0.1, -0.05) is 25.4 Å². The quantitative estimate of drug-likeness (QED) is 0.588. The Morgan fingerprint density at radius 1 is 1.16 bits per heavy atom. The molecule has 0 aliphatic rings.